The van der Waals surface area contributed by atoms with E-state index >= 15 is 0 Å². The first-order valence-corrected chi connectivity index (χ1v) is 7.67. The number of H-pyrrole nitrogens is 1. The molecule has 126 valence electrons. The van der Waals surface area contributed by atoms with Crippen molar-refractivity contribution in [1.82, 2.24) is 20.2 Å². The number of nitrogens with zero attached hydrogens (tertiary/aromatic N) is 2. The fraction of sp³-hybridized carbons (Fsp3) is 0.500. The van der Waals surface area contributed by atoms with Crippen LogP contribution in [0.15, 0.2) is 24.5 Å². The Morgan fingerprint density at radius 1 is 1.26 bits per heavy atom. The molecule has 2 N–H and O–H groups in total. The van der Waals surface area contributed by atoms with Crippen molar-refractivity contribution in [3.05, 3.63) is 30.1 Å². The number of piperidine rings is 1. The standard InChI is InChI=1S/C16H20N4O.2ClH/c1-20(12-7-10-4-5-11(8-12)19-10)16(21)14-9-18-15-13(14)3-2-6-17-15;;/h2-3,6,9-12,19H,4-5,7-8H2,1H3,(H,17,18);2*1H. The molecule has 2 unspecified atom stereocenters. The Hall–Kier alpha value is -1.30. The highest BCUT2D eigenvalue weighted by Gasteiger charge is 2.36. The highest BCUT2D eigenvalue weighted by molar-refractivity contribution is 6.05. The molecule has 2 saturated heterocycles. The molecule has 4 heterocycles. The number of hydrogen-bond acceptors (Lipinski definition) is 3. The molecule has 2 fully saturated rings. The lowest BCUT2D eigenvalue weighted by molar-refractivity contribution is 0.0684. The highest BCUT2D eigenvalue weighted by atomic mass is 35.5. The van der Waals surface area contributed by atoms with Gasteiger partial charge >= 0.3 is 0 Å². The van der Waals surface area contributed by atoms with E-state index in [1.54, 1.807) is 12.4 Å². The summed E-state index contributed by atoms with van der Waals surface area (Å²) in [6.07, 6.45) is 8.16. The molecule has 2 aliphatic heterocycles. The van der Waals surface area contributed by atoms with Crippen LogP contribution in [0.2, 0.25) is 0 Å². The number of halogens is 2. The zero-order valence-corrected chi connectivity index (χ0v) is 14.6. The third kappa shape index (κ3) is 3.18. The van der Waals surface area contributed by atoms with Crippen molar-refractivity contribution in [1.29, 1.82) is 0 Å². The van der Waals surface area contributed by atoms with Gasteiger partial charge in [-0.15, -0.1) is 24.8 Å². The van der Waals surface area contributed by atoms with Crippen molar-refractivity contribution in [2.24, 2.45) is 0 Å². The van der Waals surface area contributed by atoms with Crippen LogP contribution < -0.4 is 5.32 Å². The summed E-state index contributed by atoms with van der Waals surface area (Å²) in [5.41, 5.74) is 1.51. The Balaban J connectivity index is 0.000000960. The first-order valence-electron chi connectivity index (χ1n) is 7.67. The van der Waals surface area contributed by atoms with Crippen LogP contribution in [0.3, 0.4) is 0 Å². The number of nitrogens with one attached hydrogen (secondary N) is 2. The van der Waals surface area contributed by atoms with Gasteiger partial charge in [-0.2, -0.15) is 0 Å². The quantitative estimate of drug-likeness (QED) is 0.869. The maximum absolute atomic E-state index is 12.8. The molecule has 1 amide bonds. The lowest BCUT2D eigenvalue weighted by Gasteiger charge is -2.35. The lowest BCUT2D eigenvalue weighted by atomic mass is 9.98. The average molecular weight is 357 g/mol. The molecule has 2 bridgehead atoms. The number of rotatable bonds is 2. The van der Waals surface area contributed by atoms with E-state index in [1.807, 2.05) is 24.1 Å². The molecule has 2 aromatic heterocycles. The van der Waals surface area contributed by atoms with Crippen molar-refractivity contribution in [2.75, 3.05) is 7.05 Å². The van der Waals surface area contributed by atoms with Crippen molar-refractivity contribution >= 4 is 41.8 Å². The number of amides is 1. The second-order valence-corrected chi connectivity index (χ2v) is 6.28. The predicted octanol–water partition coefficient (Wildman–Crippen LogP) is 2.76. The van der Waals surface area contributed by atoms with Gasteiger partial charge in [0, 0.05) is 43.0 Å². The summed E-state index contributed by atoms with van der Waals surface area (Å²) in [7, 11) is 1.94. The maximum atomic E-state index is 12.8. The molecule has 0 aliphatic carbocycles. The monoisotopic (exact) mass is 356 g/mol. The Morgan fingerprint density at radius 3 is 2.65 bits per heavy atom. The number of fused-ring (bicyclic) bond motifs is 3. The average Bonchev–Trinajstić information content (AvgIpc) is 3.09. The summed E-state index contributed by atoms with van der Waals surface area (Å²) in [5.74, 6) is 0.0977. The Morgan fingerprint density at radius 2 is 1.96 bits per heavy atom. The summed E-state index contributed by atoms with van der Waals surface area (Å²) in [5, 5.41) is 4.53. The molecule has 23 heavy (non-hydrogen) atoms. The van der Waals surface area contributed by atoms with Crippen LogP contribution in [0.4, 0.5) is 0 Å². The molecule has 0 spiro atoms. The lowest BCUT2D eigenvalue weighted by Crippen LogP contribution is -2.48. The minimum atomic E-state index is 0. The molecule has 0 radical (unpaired) electrons. The van der Waals surface area contributed by atoms with Crippen LogP contribution >= 0.6 is 24.8 Å². The number of aromatic amines is 1. The molecule has 2 aliphatic rings. The van der Waals surface area contributed by atoms with Gasteiger partial charge in [-0.25, -0.2) is 4.98 Å². The van der Waals surface area contributed by atoms with Gasteiger partial charge in [-0.05, 0) is 37.8 Å². The third-order valence-electron chi connectivity index (χ3n) is 5.00. The molecule has 2 atom stereocenters. The third-order valence-corrected chi connectivity index (χ3v) is 5.00. The minimum Gasteiger partial charge on any atom is -0.345 e. The van der Waals surface area contributed by atoms with Gasteiger partial charge < -0.3 is 15.2 Å². The number of carbonyl (C=O) groups excluding carboxylic acids is 1. The van der Waals surface area contributed by atoms with E-state index < -0.39 is 0 Å². The predicted molar refractivity (Wildman–Crippen MR) is 95.7 cm³/mol. The van der Waals surface area contributed by atoms with E-state index in [2.05, 4.69) is 15.3 Å². The van der Waals surface area contributed by atoms with Crippen LogP contribution in [-0.2, 0) is 0 Å². The fourth-order valence-electron chi connectivity index (χ4n) is 3.83. The number of aromatic nitrogens is 2. The van der Waals surface area contributed by atoms with E-state index in [0.717, 1.165) is 29.4 Å². The summed E-state index contributed by atoms with van der Waals surface area (Å²) in [4.78, 5) is 22.1. The van der Waals surface area contributed by atoms with Crippen molar-refractivity contribution in [3.8, 4) is 0 Å². The van der Waals surface area contributed by atoms with Crippen LogP contribution in [0, 0.1) is 0 Å². The zero-order valence-electron chi connectivity index (χ0n) is 13.0. The summed E-state index contributed by atoms with van der Waals surface area (Å²) < 4.78 is 0. The smallest absolute Gasteiger partial charge is 0.256 e. The molecule has 4 rings (SSSR count). The molecular weight excluding hydrogens is 335 g/mol. The first kappa shape index (κ1) is 18.0. The van der Waals surface area contributed by atoms with Crippen LogP contribution in [0.1, 0.15) is 36.0 Å². The van der Waals surface area contributed by atoms with Gasteiger partial charge in [0.2, 0.25) is 0 Å². The number of pyridine rings is 1. The highest BCUT2D eigenvalue weighted by Crippen LogP contribution is 2.30. The van der Waals surface area contributed by atoms with Gasteiger partial charge in [0.1, 0.15) is 5.65 Å². The van der Waals surface area contributed by atoms with E-state index in [9.17, 15) is 4.79 Å². The zero-order chi connectivity index (χ0) is 14.4. The van der Waals surface area contributed by atoms with Crippen molar-refractivity contribution in [2.45, 2.75) is 43.8 Å². The molecule has 0 saturated carbocycles. The summed E-state index contributed by atoms with van der Waals surface area (Å²) in [6.45, 7) is 0. The maximum Gasteiger partial charge on any atom is 0.256 e. The molecule has 7 heteroatoms. The topological polar surface area (TPSA) is 61.0 Å². The fourth-order valence-corrected chi connectivity index (χ4v) is 3.83. The van der Waals surface area contributed by atoms with Crippen LogP contribution in [0.25, 0.3) is 11.0 Å². The second kappa shape index (κ2) is 7.07. The van der Waals surface area contributed by atoms with Gasteiger partial charge in [-0.3, -0.25) is 4.79 Å². The number of hydrogen-bond donors (Lipinski definition) is 2. The van der Waals surface area contributed by atoms with Crippen molar-refractivity contribution in [3.63, 3.8) is 0 Å². The van der Waals surface area contributed by atoms with E-state index in [-0.39, 0.29) is 30.7 Å². The number of carbonyl (C=O) groups is 1. The largest absolute Gasteiger partial charge is 0.345 e. The van der Waals surface area contributed by atoms with Gasteiger partial charge in [0.05, 0.1) is 5.56 Å². The van der Waals surface area contributed by atoms with Crippen LogP contribution in [0.5, 0.6) is 0 Å². The minimum absolute atomic E-state index is 0. The Kier molecular flexibility index (Phi) is 5.55. The van der Waals surface area contributed by atoms with E-state index in [0.29, 0.717) is 18.1 Å². The molecule has 0 aromatic carbocycles. The summed E-state index contributed by atoms with van der Waals surface area (Å²) in [6, 6.07) is 5.35. The van der Waals surface area contributed by atoms with Gasteiger partial charge in [0.15, 0.2) is 0 Å². The SMILES string of the molecule is CN(C(=O)c1c[nH]c2ncccc12)C1CC2CCC(C1)N2.Cl.Cl. The Bertz CT molecular complexity index is 678. The van der Waals surface area contributed by atoms with Gasteiger partial charge in [-0.1, -0.05) is 0 Å². The van der Waals surface area contributed by atoms with Gasteiger partial charge in [0.25, 0.3) is 5.91 Å². The first-order chi connectivity index (χ1) is 10.2. The Labute approximate surface area is 148 Å². The van der Waals surface area contributed by atoms with Crippen LogP contribution in [-0.4, -0.2) is 45.9 Å². The van der Waals surface area contributed by atoms with Crippen molar-refractivity contribution < 1.29 is 4.79 Å². The normalized spacial score (nSPS) is 25.5. The second-order valence-electron chi connectivity index (χ2n) is 6.28. The van der Waals surface area contributed by atoms with E-state index in [4.69, 9.17) is 0 Å². The van der Waals surface area contributed by atoms with E-state index in [1.165, 1.54) is 12.8 Å². The molecule has 5 nitrogen and oxygen atoms in total. The summed E-state index contributed by atoms with van der Waals surface area (Å²) >= 11 is 0. The molecule has 2 aromatic rings. The molecular formula is C16H22Cl2N4O.